The molecule has 1 fully saturated rings. The van der Waals surface area contributed by atoms with Crippen LogP contribution in [0.4, 0.5) is 5.69 Å². The molecular formula is C11H11N2. The average molecular weight is 171 g/mol. The van der Waals surface area contributed by atoms with E-state index in [0.29, 0.717) is 5.92 Å². The molecule has 0 saturated heterocycles. The minimum Gasteiger partial charge on any atom is -0.154 e. The molecule has 1 aromatic carbocycles. The first kappa shape index (κ1) is 7.13. The fourth-order valence-corrected chi connectivity index (χ4v) is 1.92. The molecule has 2 heteroatoms. The van der Waals surface area contributed by atoms with Gasteiger partial charge in [0.1, 0.15) is 0 Å². The lowest BCUT2D eigenvalue weighted by Crippen LogP contribution is -2.21. The van der Waals surface area contributed by atoms with Gasteiger partial charge in [0.2, 0.25) is 0 Å². The van der Waals surface area contributed by atoms with Crippen molar-refractivity contribution in [2.24, 2.45) is 11.0 Å². The first-order valence-electron chi connectivity index (χ1n) is 4.83. The van der Waals surface area contributed by atoms with E-state index in [2.05, 4.69) is 22.7 Å². The Morgan fingerprint density at radius 3 is 2.77 bits per heavy atom. The van der Waals surface area contributed by atoms with E-state index in [1.807, 2.05) is 12.1 Å². The van der Waals surface area contributed by atoms with Crippen LogP contribution in [0.25, 0.3) is 0 Å². The van der Waals surface area contributed by atoms with Crippen molar-refractivity contribution in [1.82, 2.24) is 5.43 Å². The maximum atomic E-state index is 4.27. The second kappa shape index (κ2) is 2.59. The summed E-state index contributed by atoms with van der Waals surface area (Å²) in [6.07, 6.45) is 3.94. The molecule has 2 aliphatic rings. The fourth-order valence-electron chi connectivity index (χ4n) is 1.92. The third kappa shape index (κ3) is 0.981. The minimum atomic E-state index is 0.687. The molecule has 0 aromatic heterocycles. The molecule has 1 aliphatic carbocycles. The van der Waals surface area contributed by atoms with E-state index in [4.69, 9.17) is 0 Å². The lowest BCUT2D eigenvalue weighted by Gasteiger charge is -2.24. The van der Waals surface area contributed by atoms with Crippen molar-refractivity contribution in [3.05, 3.63) is 29.8 Å². The highest BCUT2D eigenvalue weighted by atomic mass is 15.3. The number of nitrogens with zero attached hydrogens (tertiary/aromatic N) is 2. The van der Waals surface area contributed by atoms with Crippen LogP contribution in [0.2, 0.25) is 0 Å². The summed E-state index contributed by atoms with van der Waals surface area (Å²) in [7, 11) is 0. The maximum absolute atomic E-state index is 4.27. The zero-order valence-electron chi connectivity index (χ0n) is 7.40. The van der Waals surface area contributed by atoms with Gasteiger partial charge in [0.25, 0.3) is 0 Å². The van der Waals surface area contributed by atoms with Crippen LogP contribution >= 0.6 is 0 Å². The molecular weight excluding hydrogens is 160 g/mol. The third-order valence-electron chi connectivity index (χ3n) is 2.94. The SMILES string of the molecule is c1ccc2c(c1)[N]N=C2C1CCC1. The molecule has 3 rings (SSSR count). The van der Waals surface area contributed by atoms with Crippen molar-refractivity contribution < 1.29 is 0 Å². The highest BCUT2D eigenvalue weighted by molar-refractivity contribution is 6.08. The van der Waals surface area contributed by atoms with E-state index in [1.54, 1.807) is 0 Å². The molecule has 2 nitrogen and oxygen atoms in total. The number of benzene rings is 1. The molecule has 1 aliphatic heterocycles. The second-order valence-electron chi connectivity index (χ2n) is 3.73. The summed E-state index contributed by atoms with van der Waals surface area (Å²) in [5, 5.41) is 4.27. The lowest BCUT2D eigenvalue weighted by molar-refractivity contribution is 0.414. The monoisotopic (exact) mass is 171 g/mol. The normalized spacial score (nSPS) is 20.2. The van der Waals surface area contributed by atoms with E-state index in [-0.39, 0.29) is 0 Å². The van der Waals surface area contributed by atoms with Crippen LogP contribution in [0.15, 0.2) is 29.4 Å². The van der Waals surface area contributed by atoms with Gasteiger partial charge in [-0.1, -0.05) is 24.6 Å². The molecule has 13 heavy (non-hydrogen) atoms. The van der Waals surface area contributed by atoms with E-state index < -0.39 is 0 Å². The van der Waals surface area contributed by atoms with Gasteiger partial charge in [-0.15, -0.1) is 0 Å². The summed E-state index contributed by atoms with van der Waals surface area (Å²) in [5.74, 6) is 0.687. The zero-order chi connectivity index (χ0) is 8.67. The summed E-state index contributed by atoms with van der Waals surface area (Å²) in [4.78, 5) is 0. The van der Waals surface area contributed by atoms with Crippen LogP contribution in [0.1, 0.15) is 24.8 Å². The highest BCUT2D eigenvalue weighted by Crippen LogP contribution is 2.35. The Kier molecular flexibility index (Phi) is 1.42. The Bertz CT molecular complexity index is 364. The van der Waals surface area contributed by atoms with Gasteiger partial charge < -0.3 is 0 Å². The first-order valence-corrected chi connectivity index (χ1v) is 4.83. The smallest absolute Gasteiger partial charge is 0.0948 e. The first-order chi connectivity index (χ1) is 6.45. The number of fused-ring (bicyclic) bond motifs is 1. The van der Waals surface area contributed by atoms with Gasteiger partial charge in [0.05, 0.1) is 11.4 Å². The van der Waals surface area contributed by atoms with Crippen molar-refractivity contribution in [2.75, 3.05) is 0 Å². The summed E-state index contributed by atoms with van der Waals surface area (Å²) < 4.78 is 0. The van der Waals surface area contributed by atoms with Crippen LogP contribution in [-0.4, -0.2) is 5.71 Å². The Hall–Kier alpha value is -1.31. The Morgan fingerprint density at radius 1 is 1.15 bits per heavy atom. The van der Waals surface area contributed by atoms with Gasteiger partial charge in [-0.25, -0.2) is 0 Å². The highest BCUT2D eigenvalue weighted by Gasteiger charge is 2.29. The van der Waals surface area contributed by atoms with Crippen LogP contribution in [0.3, 0.4) is 0 Å². The predicted octanol–water partition coefficient (Wildman–Crippen LogP) is 2.44. The van der Waals surface area contributed by atoms with Crippen LogP contribution in [0, 0.1) is 5.92 Å². The van der Waals surface area contributed by atoms with Crippen LogP contribution in [0.5, 0.6) is 0 Å². The topological polar surface area (TPSA) is 26.5 Å². The number of hydrogen-bond acceptors (Lipinski definition) is 1. The molecule has 1 saturated carbocycles. The van der Waals surface area contributed by atoms with Crippen molar-refractivity contribution in [3.8, 4) is 0 Å². The largest absolute Gasteiger partial charge is 0.154 e. The van der Waals surface area contributed by atoms with Gasteiger partial charge in [0, 0.05) is 11.5 Å². The number of rotatable bonds is 1. The molecule has 65 valence electrons. The molecule has 0 unspecified atom stereocenters. The predicted molar refractivity (Wildman–Crippen MR) is 52.1 cm³/mol. The van der Waals surface area contributed by atoms with E-state index >= 15 is 0 Å². The quantitative estimate of drug-likeness (QED) is 0.620. The van der Waals surface area contributed by atoms with Gasteiger partial charge in [-0.3, -0.25) is 0 Å². The summed E-state index contributed by atoms with van der Waals surface area (Å²) in [6, 6.07) is 8.24. The molecule has 1 radical (unpaired) electrons. The van der Waals surface area contributed by atoms with Gasteiger partial charge in [-0.2, -0.15) is 10.5 Å². The van der Waals surface area contributed by atoms with Crippen molar-refractivity contribution >= 4 is 11.4 Å². The molecule has 1 heterocycles. The minimum absolute atomic E-state index is 0.687. The van der Waals surface area contributed by atoms with Crippen molar-refractivity contribution in [1.29, 1.82) is 0 Å². The number of hydrogen-bond donors (Lipinski definition) is 0. The van der Waals surface area contributed by atoms with E-state index in [9.17, 15) is 0 Å². The Morgan fingerprint density at radius 2 is 2.00 bits per heavy atom. The molecule has 0 amide bonds. The second-order valence-corrected chi connectivity index (χ2v) is 3.73. The standard InChI is InChI=1S/C11H11N2/c1-2-7-10-9(6-1)11(13-12-10)8-4-3-5-8/h1-2,6-8H,3-5H2. The molecule has 0 atom stereocenters. The Balaban J connectivity index is 1.99. The van der Waals surface area contributed by atoms with Crippen molar-refractivity contribution in [2.45, 2.75) is 19.3 Å². The fraction of sp³-hybridized carbons (Fsp3) is 0.364. The Labute approximate surface area is 77.7 Å². The van der Waals surface area contributed by atoms with Gasteiger partial charge in [0.15, 0.2) is 0 Å². The maximum Gasteiger partial charge on any atom is 0.0948 e. The molecule has 0 bridgehead atoms. The third-order valence-corrected chi connectivity index (χ3v) is 2.94. The van der Waals surface area contributed by atoms with Crippen LogP contribution in [-0.2, 0) is 0 Å². The zero-order valence-corrected chi connectivity index (χ0v) is 7.40. The van der Waals surface area contributed by atoms with Gasteiger partial charge in [-0.05, 0) is 18.9 Å². The molecule has 0 spiro atoms. The summed E-state index contributed by atoms with van der Waals surface area (Å²) in [6.45, 7) is 0. The summed E-state index contributed by atoms with van der Waals surface area (Å²) >= 11 is 0. The van der Waals surface area contributed by atoms with E-state index in [1.165, 1.54) is 30.5 Å². The summed E-state index contributed by atoms with van der Waals surface area (Å²) in [5.41, 5.74) is 7.70. The lowest BCUT2D eigenvalue weighted by atomic mass is 9.79. The van der Waals surface area contributed by atoms with Crippen LogP contribution < -0.4 is 5.43 Å². The van der Waals surface area contributed by atoms with Gasteiger partial charge >= 0.3 is 0 Å². The average Bonchev–Trinajstić information content (AvgIpc) is 2.47. The van der Waals surface area contributed by atoms with Crippen molar-refractivity contribution in [3.63, 3.8) is 0 Å². The van der Waals surface area contributed by atoms with E-state index in [0.717, 1.165) is 5.69 Å². The molecule has 0 N–H and O–H groups in total. The molecule has 1 aromatic rings.